The molecule has 4 atom stereocenters. The summed E-state index contributed by atoms with van der Waals surface area (Å²) in [5.41, 5.74) is -0.734. The first-order chi connectivity index (χ1) is 11.8. The molecule has 1 aromatic rings. The van der Waals surface area contributed by atoms with Crippen molar-refractivity contribution < 1.29 is 24.0 Å². The quantitative estimate of drug-likeness (QED) is 0.791. The fourth-order valence-electron chi connectivity index (χ4n) is 5.72. The van der Waals surface area contributed by atoms with Crippen molar-refractivity contribution in [1.29, 1.82) is 0 Å². The monoisotopic (exact) mass is 348 g/mol. The summed E-state index contributed by atoms with van der Waals surface area (Å²) in [6.07, 6.45) is 5.89. The Labute approximate surface area is 146 Å². The number of nitrogens with one attached hydrogen (secondary N) is 1. The van der Waals surface area contributed by atoms with Crippen LogP contribution in [0.3, 0.4) is 0 Å². The van der Waals surface area contributed by atoms with Gasteiger partial charge in [-0.3, -0.25) is 9.59 Å². The molecule has 1 heterocycles. The Morgan fingerprint density at radius 1 is 1.36 bits per heavy atom. The van der Waals surface area contributed by atoms with Crippen LogP contribution in [-0.4, -0.2) is 34.3 Å². The average Bonchev–Trinajstić information content (AvgIpc) is 2.87. The van der Waals surface area contributed by atoms with Gasteiger partial charge in [-0.05, 0) is 62.7 Å². The normalized spacial score (nSPS) is 35.6. The molecule has 2 unspecified atom stereocenters. The highest BCUT2D eigenvalue weighted by atomic mass is 16.5. The fraction of sp³-hybridized carbons (Fsp3) is 0.722. The van der Waals surface area contributed by atoms with Crippen LogP contribution in [0.25, 0.3) is 0 Å². The molecule has 136 valence electrons. The molecule has 4 fully saturated rings. The van der Waals surface area contributed by atoms with Crippen LogP contribution in [0.2, 0.25) is 0 Å². The second-order valence-corrected chi connectivity index (χ2v) is 8.39. The zero-order valence-electron chi connectivity index (χ0n) is 14.4. The lowest BCUT2D eigenvalue weighted by molar-refractivity contribution is -0.177. The van der Waals surface area contributed by atoms with Gasteiger partial charge >= 0.3 is 5.97 Å². The lowest BCUT2D eigenvalue weighted by Gasteiger charge is -2.60. The van der Waals surface area contributed by atoms with Crippen molar-refractivity contribution in [3.05, 3.63) is 11.8 Å². The molecule has 4 aliphatic carbocycles. The van der Waals surface area contributed by atoms with Crippen LogP contribution >= 0.6 is 0 Å². The molecule has 4 bridgehead atoms. The molecule has 0 radical (unpaired) electrons. The molecule has 1 aromatic heterocycles. The van der Waals surface area contributed by atoms with E-state index in [1.165, 1.54) is 6.42 Å². The largest absolute Gasteiger partial charge is 0.456 e. The van der Waals surface area contributed by atoms with Crippen LogP contribution in [0.5, 0.6) is 0 Å². The van der Waals surface area contributed by atoms with Crippen LogP contribution < -0.4 is 5.32 Å². The van der Waals surface area contributed by atoms with Crippen molar-refractivity contribution in [3.63, 3.8) is 0 Å². The number of ether oxygens (including phenoxy) is 1. The van der Waals surface area contributed by atoms with E-state index in [9.17, 15) is 14.7 Å². The van der Waals surface area contributed by atoms with E-state index in [0.29, 0.717) is 36.3 Å². The molecule has 5 rings (SSSR count). The van der Waals surface area contributed by atoms with Crippen LogP contribution in [0.4, 0.5) is 5.82 Å². The first-order valence-corrected chi connectivity index (χ1v) is 8.94. The molecule has 0 spiro atoms. The fourth-order valence-corrected chi connectivity index (χ4v) is 5.72. The van der Waals surface area contributed by atoms with E-state index in [2.05, 4.69) is 10.5 Å². The molecule has 4 aliphatic rings. The zero-order chi connectivity index (χ0) is 17.7. The predicted molar refractivity (Wildman–Crippen MR) is 87.5 cm³/mol. The van der Waals surface area contributed by atoms with Crippen molar-refractivity contribution in [2.45, 2.75) is 57.5 Å². The Kier molecular flexibility index (Phi) is 3.86. The molecule has 0 aromatic carbocycles. The van der Waals surface area contributed by atoms with Crippen molar-refractivity contribution in [3.8, 4) is 0 Å². The van der Waals surface area contributed by atoms with Gasteiger partial charge in [-0.25, -0.2) is 0 Å². The van der Waals surface area contributed by atoms with Gasteiger partial charge < -0.3 is 19.7 Å². The van der Waals surface area contributed by atoms with Crippen molar-refractivity contribution in [2.24, 2.45) is 17.3 Å². The Morgan fingerprint density at radius 2 is 2.08 bits per heavy atom. The molecule has 2 N–H and O–H groups in total. The minimum absolute atomic E-state index is 0.143. The first-order valence-electron chi connectivity index (χ1n) is 8.94. The topological polar surface area (TPSA) is 102 Å². The maximum Gasteiger partial charge on any atom is 0.306 e. The van der Waals surface area contributed by atoms with Gasteiger partial charge in [0.2, 0.25) is 0 Å². The number of aromatic nitrogens is 1. The second-order valence-electron chi connectivity index (χ2n) is 8.39. The maximum absolute atomic E-state index is 12.3. The van der Waals surface area contributed by atoms with E-state index in [1.807, 2.05) is 0 Å². The number of carbonyl (C=O) groups excluding carboxylic acids is 2. The van der Waals surface area contributed by atoms with Gasteiger partial charge in [-0.15, -0.1) is 0 Å². The van der Waals surface area contributed by atoms with Gasteiger partial charge in [-0.1, -0.05) is 5.16 Å². The summed E-state index contributed by atoms with van der Waals surface area (Å²) in [5, 5.41) is 16.9. The van der Waals surface area contributed by atoms with Crippen LogP contribution in [0.1, 0.15) is 50.7 Å². The zero-order valence-corrected chi connectivity index (χ0v) is 14.4. The minimum atomic E-state index is -0.591. The Morgan fingerprint density at radius 3 is 2.68 bits per heavy atom. The lowest BCUT2D eigenvalue weighted by Crippen LogP contribution is -2.56. The van der Waals surface area contributed by atoms with Crippen LogP contribution in [0, 0.1) is 24.2 Å². The highest BCUT2D eigenvalue weighted by molar-refractivity contribution is 5.91. The highest BCUT2D eigenvalue weighted by Crippen LogP contribution is 2.62. The third-order valence-electron chi connectivity index (χ3n) is 5.93. The summed E-state index contributed by atoms with van der Waals surface area (Å²) in [4.78, 5) is 24.1. The number of amides is 1. The number of esters is 1. The number of carbonyl (C=O) groups is 2. The summed E-state index contributed by atoms with van der Waals surface area (Å²) in [6, 6.07) is 1.59. The molecular weight excluding hydrogens is 324 g/mol. The number of rotatable bonds is 5. The molecule has 25 heavy (non-hydrogen) atoms. The summed E-state index contributed by atoms with van der Waals surface area (Å²) >= 11 is 0. The summed E-state index contributed by atoms with van der Waals surface area (Å²) in [5.74, 6) is 1.15. The molecule has 0 saturated heterocycles. The van der Waals surface area contributed by atoms with E-state index in [-0.39, 0.29) is 18.0 Å². The maximum atomic E-state index is 12.3. The van der Waals surface area contributed by atoms with Crippen molar-refractivity contribution >= 4 is 17.7 Å². The van der Waals surface area contributed by atoms with E-state index in [1.54, 1.807) is 13.0 Å². The number of anilines is 1. The standard InChI is InChI=1S/C18H24N2O5/c1-11-2-14(20-25-11)19-15(21)9-24-16(22)8-17-4-12-3-13(5-17)7-18(23,6-12)10-17/h2,12-13,23H,3-10H2,1H3,(H,19,20,21)/t12-,13+,17?,18?. The Balaban J connectivity index is 1.30. The number of hydrogen-bond acceptors (Lipinski definition) is 6. The minimum Gasteiger partial charge on any atom is -0.456 e. The molecule has 7 heteroatoms. The molecule has 4 saturated carbocycles. The van der Waals surface area contributed by atoms with Gasteiger partial charge in [-0.2, -0.15) is 0 Å². The molecule has 0 aliphatic heterocycles. The number of nitrogens with zero attached hydrogens (tertiary/aromatic N) is 1. The van der Waals surface area contributed by atoms with Gasteiger partial charge in [0.15, 0.2) is 12.4 Å². The predicted octanol–water partition coefficient (Wildman–Crippen LogP) is 2.19. The number of aliphatic hydroxyl groups is 1. The summed E-state index contributed by atoms with van der Waals surface area (Å²) in [6.45, 7) is 1.39. The first kappa shape index (κ1) is 16.6. The van der Waals surface area contributed by atoms with Crippen LogP contribution in [0.15, 0.2) is 10.6 Å². The Bertz CT molecular complexity index is 683. The average molecular weight is 348 g/mol. The number of hydrogen-bond donors (Lipinski definition) is 2. The number of aryl methyl sites for hydroxylation is 1. The highest BCUT2D eigenvalue weighted by Gasteiger charge is 2.57. The van der Waals surface area contributed by atoms with E-state index in [0.717, 1.165) is 25.7 Å². The van der Waals surface area contributed by atoms with Gasteiger partial charge in [0.1, 0.15) is 5.76 Å². The Hall–Kier alpha value is -1.89. The molecule has 7 nitrogen and oxygen atoms in total. The molecule has 1 amide bonds. The third-order valence-corrected chi connectivity index (χ3v) is 5.93. The van der Waals surface area contributed by atoms with E-state index >= 15 is 0 Å². The second kappa shape index (κ2) is 5.83. The van der Waals surface area contributed by atoms with Gasteiger partial charge in [0.25, 0.3) is 5.91 Å². The lowest BCUT2D eigenvalue weighted by atomic mass is 9.47. The summed E-state index contributed by atoms with van der Waals surface area (Å²) < 4.78 is 10.0. The SMILES string of the molecule is Cc1cc(NC(=O)COC(=O)CC23C[C@@H]4C[C@@H](CC(O)(C4)C2)C3)no1. The van der Waals surface area contributed by atoms with Crippen molar-refractivity contribution in [1.82, 2.24) is 5.16 Å². The molecular formula is C18H24N2O5. The van der Waals surface area contributed by atoms with Crippen LogP contribution in [-0.2, 0) is 14.3 Å². The van der Waals surface area contributed by atoms with Gasteiger partial charge in [0, 0.05) is 6.07 Å². The van der Waals surface area contributed by atoms with Gasteiger partial charge in [0.05, 0.1) is 12.0 Å². The van der Waals surface area contributed by atoms with E-state index in [4.69, 9.17) is 9.26 Å². The third kappa shape index (κ3) is 3.42. The van der Waals surface area contributed by atoms with E-state index < -0.39 is 11.5 Å². The smallest absolute Gasteiger partial charge is 0.306 e. The summed E-state index contributed by atoms with van der Waals surface area (Å²) in [7, 11) is 0. The van der Waals surface area contributed by atoms with Crippen molar-refractivity contribution in [2.75, 3.05) is 11.9 Å².